The predicted molar refractivity (Wildman–Crippen MR) is 95.7 cm³/mol. The number of nitrogens with zero attached hydrogens (tertiary/aromatic N) is 3. The first-order chi connectivity index (χ1) is 12.8. The van der Waals surface area contributed by atoms with E-state index in [2.05, 4.69) is 15.8 Å². The summed E-state index contributed by atoms with van der Waals surface area (Å²) in [5.41, 5.74) is 5.39. The fraction of sp³-hybridized carbons (Fsp3) is 0.316. The van der Waals surface area contributed by atoms with Gasteiger partial charge in [-0.05, 0) is 48.2 Å². The van der Waals surface area contributed by atoms with Gasteiger partial charge < -0.3 is 4.74 Å². The van der Waals surface area contributed by atoms with Gasteiger partial charge in [-0.15, -0.1) is 4.91 Å². The van der Waals surface area contributed by atoms with Crippen LogP contribution < -0.4 is 5.43 Å². The van der Waals surface area contributed by atoms with Crippen molar-refractivity contribution in [3.63, 3.8) is 0 Å². The summed E-state index contributed by atoms with van der Waals surface area (Å²) in [6.07, 6.45) is 3.50. The Labute approximate surface area is 149 Å². The zero-order valence-corrected chi connectivity index (χ0v) is 14.1. The summed E-state index contributed by atoms with van der Waals surface area (Å²) in [7, 11) is 0. The number of hydrogen-bond acceptors (Lipinski definition) is 4. The van der Waals surface area contributed by atoms with Gasteiger partial charge in [0, 0.05) is 23.2 Å². The molecule has 3 aromatic rings. The number of ether oxygens (including phenoxy) is 1. The minimum absolute atomic E-state index is 0.119. The molecule has 0 bridgehead atoms. The average molecular weight is 354 g/mol. The van der Waals surface area contributed by atoms with E-state index < -0.39 is 0 Å². The zero-order chi connectivity index (χ0) is 17.9. The second-order valence-electron chi connectivity index (χ2n) is 6.47. The lowest BCUT2D eigenvalue weighted by Crippen LogP contribution is -2.26. The Morgan fingerprint density at radius 1 is 1.27 bits per heavy atom. The van der Waals surface area contributed by atoms with Crippen LogP contribution in [0.5, 0.6) is 0 Å². The molecule has 2 heterocycles. The van der Waals surface area contributed by atoms with E-state index >= 15 is 0 Å². The summed E-state index contributed by atoms with van der Waals surface area (Å²) in [5.74, 6) is -0.120. The van der Waals surface area contributed by atoms with E-state index in [0.29, 0.717) is 13.2 Å². The van der Waals surface area contributed by atoms with Crippen molar-refractivity contribution in [2.45, 2.75) is 31.5 Å². The standard InChI is InChI=1S/C19H19FN4O2/c20-16-6-4-14(5-7-16)17-2-1-9-26-19(17)24-18-8-3-13(11-21-23-25)10-15(18)12-22-24/h3-8,10,12,17,19H,1-2,9,11H2,(H,21,25). The molecule has 6 nitrogen and oxygen atoms in total. The van der Waals surface area contributed by atoms with Crippen LogP contribution in [-0.2, 0) is 11.3 Å². The third-order valence-electron chi connectivity index (χ3n) is 4.84. The maximum absolute atomic E-state index is 13.3. The van der Waals surface area contributed by atoms with E-state index in [9.17, 15) is 9.30 Å². The minimum Gasteiger partial charge on any atom is -0.356 e. The topological polar surface area (TPSA) is 68.5 Å². The first-order valence-corrected chi connectivity index (χ1v) is 8.64. The molecule has 0 radical (unpaired) electrons. The van der Waals surface area contributed by atoms with Crippen molar-refractivity contribution >= 4 is 10.9 Å². The summed E-state index contributed by atoms with van der Waals surface area (Å²) in [4.78, 5) is 10.2. The van der Waals surface area contributed by atoms with Crippen molar-refractivity contribution in [2.75, 3.05) is 6.61 Å². The highest BCUT2D eigenvalue weighted by Gasteiger charge is 2.30. The average Bonchev–Trinajstić information content (AvgIpc) is 3.10. The van der Waals surface area contributed by atoms with Crippen molar-refractivity contribution < 1.29 is 9.13 Å². The molecule has 2 atom stereocenters. The number of aromatic nitrogens is 2. The fourth-order valence-electron chi connectivity index (χ4n) is 3.59. The Hall–Kier alpha value is -2.80. The quantitative estimate of drug-likeness (QED) is 0.555. The molecule has 2 unspecified atom stereocenters. The fourth-order valence-corrected chi connectivity index (χ4v) is 3.59. The summed E-state index contributed by atoms with van der Waals surface area (Å²) in [6, 6.07) is 12.5. The number of nitroso groups, excluding NO2 is 1. The lowest BCUT2D eigenvalue weighted by Gasteiger charge is -2.32. The largest absolute Gasteiger partial charge is 0.356 e. The molecule has 1 aromatic heterocycles. The maximum atomic E-state index is 13.3. The Kier molecular flexibility index (Phi) is 4.62. The Morgan fingerprint density at radius 2 is 2.12 bits per heavy atom. The van der Waals surface area contributed by atoms with Crippen LogP contribution in [0.15, 0.2) is 53.9 Å². The second kappa shape index (κ2) is 7.21. The van der Waals surface area contributed by atoms with E-state index in [1.165, 1.54) is 12.1 Å². The van der Waals surface area contributed by atoms with Crippen LogP contribution in [0.2, 0.25) is 0 Å². The molecule has 26 heavy (non-hydrogen) atoms. The summed E-state index contributed by atoms with van der Waals surface area (Å²) in [5, 5.41) is 8.19. The van der Waals surface area contributed by atoms with Crippen LogP contribution in [-0.4, -0.2) is 16.4 Å². The Bertz CT molecular complexity index is 910. The Morgan fingerprint density at radius 3 is 2.92 bits per heavy atom. The van der Waals surface area contributed by atoms with Crippen molar-refractivity contribution in [3.8, 4) is 0 Å². The van der Waals surface area contributed by atoms with Gasteiger partial charge in [-0.3, -0.25) is 5.43 Å². The summed E-state index contributed by atoms with van der Waals surface area (Å²) >= 11 is 0. The Balaban J connectivity index is 1.67. The van der Waals surface area contributed by atoms with Crippen LogP contribution in [0.1, 0.15) is 36.1 Å². The summed E-state index contributed by atoms with van der Waals surface area (Å²) < 4.78 is 21.2. The van der Waals surface area contributed by atoms with E-state index in [0.717, 1.165) is 34.9 Å². The number of benzene rings is 2. The number of halogens is 1. The van der Waals surface area contributed by atoms with Crippen LogP contribution in [0.25, 0.3) is 10.9 Å². The van der Waals surface area contributed by atoms with Gasteiger partial charge in [-0.2, -0.15) is 5.10 Å². The van der Waals surface area contributed by atoms with Crippen molar-refractivity contribution in [1.82, 2.24) is 15.2 Å². The molecule has 1 fully saturated rings. The van der Waals surface area contributed by atoms with Gasteiger partial charge in [0.05, 0.1) is 18.3 Å². The van der Waals surface area contributed by atoms with E-state index in [1.54, 1.807) is 6.20 Å². The minimum atomic E-state index is -0.238. The van der Waals surface area contributed by atoms with Crippen LogP contribution >= 0.6 is 0 Å². The molecule has 1 N–H and O–H groups in total. The maximum Gasteiger partial charge on any atom is 0.157 e. The van der Waals surface area contributed by atoms with Gasteiger partial charge in [-0.25, -0.2) is 9.07 Å². The molecule has 0 saturated carbocycles. The number of hydrogen-bond donors (Lipinski definition) is 1. The molecule has 0 aliphatic carbocycles. The highest BCUT2D eigenvalue weighted by Crippen LogP contribution is 2.38. The third-order valence-corrected chi connectivity index (χ3v) is 4.84. The van der Waals surface area contributed by atoms with Gasteiger partial charge in [0.2, 0.25) is 0 Å². The van der Waals surface area contributed by atoms with Gasteiger partial charge in [0.1, 0.15) is 5.82 Å². The smallest absolute Gasteiger partial charge is 0.157 e. The van der Waals surface area contributed by atoms with Gasteiger partial charge in [-0.1, -0.05) is 18.2 Å². The lowest BCUT2D eigenvalue weighted by molar-refractivity contribution is -0.0532. The monoisotopic (exact) mass is 354 g/mol. The molecular formula is C19H19FN4O2. The highest BCUT2D eigenvalue weighted by molar-refractivity contribution is 5.79. The molecule has 1 saturated heterocycles. The third kappa shape index (κ3) is 3.17. The van der Waals surface area contributed by atoms with Crippen molar-refractivity contribution in [2.24, 2.45) is 5.29 Å². The van der Waals surface area contributed by atoms with Gasteiger partial charge >= 0.3 is 0 Å². The highest BCUT2D eigenvalue weighted by atomic mass is 19.1. The van der Waals surface area contributed by atoms with E-state index in [1.807, 2.05) is 35.0 Å². The molecule has 7 heteroatoms. The van der Waals surface area contributed by atoms with Crippen molar-refractivity contribution in [3.05, 3.63) is 70.5 Å². The van der Waals surface area contributed by atoms with Crippen molar-refractivity contribution in [1.29, 1.82) is 0 Å². The van der Waals surface area contributed by atoms with Crippen LogP contribution in [0.3, 0.4) is 0 Å². The predicted octanol–water partition coefficient (Wildman–Crippen LogP) is 4.04. The van der Waals surface area contributed by atoms with Gasteiger partial charge in [0.15, 0.2) is 6.23 Å². The first kappa shape index (κ1) is 16.7. The first-order valence-electron chi connectivity index (χ1n) is 8.64. The SMILES string of the molecule is O=NNCc1ccc2c(cnn2C2OCCCC2c2ccc(F)cc2)c1. The van der Waals surface area contributed by atoms with Crippen LogP contribution in [0.4, 0.5) is 4.39 Å². The van der Waals surface area contributed by atoms with Crippen LogP contribution in [0, 0.1) is 10.7 Å². The second-order valence-corrected chi connectivity index (χ2v) is 6.47. The molecule has 2 aromatic carbocycles. The van der Waals surface area contributed by atoms with E-state index in [4.69, 9.17) is 4.74 Å². The van der Waals surface area contributed by atoms with E-state index in [-0.39, 0.29) is 18.0 Å². The molecule has 1 aliphatic rings. The summed E-state index contributed by atoms with van der Waals surface area (Å²) in [6.45, 7) is 1.06. The zero-order valence-electron chi connectivity index (χ0n) is 14.1. The molecular weight excluding hydrogens is 335 g/mol. The number of nitrogens with one attached hydrogen (secondary N) is 1. The van der Waals surface area contributed by atoms with Gasteiger partial charge in [0.25, 0.3) is 0 Å². The molecule has 0 spiro atoms. The number of rotatable bonds is 5. The number of fused-ring (bicyclic) bond motifs is 1. The molecule has 134 valence electrons. The normalized spacial score (nSPS) is 20.2. The molecule has 1 aliphatic heterocycles. The molecule has 0 amide bonds. The molecule has 4 rings (SSSR count). The lowest BCUT2D eigenvalue weighted by atomic mass is 9.91.